The molecule has 1 saturated heterocycles. The number of amides is 1. The molecule has 7 nitrogen and oxygen atoms in total. The van der Waals surface area contributed by atoms with Gasteiger partial charge >= 0.3 is 0 Å². The van der Waals surface area contributed by atoms with Crippen LogP contribution < -0.4 is 15.1 Å². The van der Waals surface area contributed by atoms with Crippen molar-refractivity contribution in [3.63, 3.8) is 0 Å². The molecule has 1 aliphatic rings. The molecule has 3 aromatic heterocycles. The van der Waals surface area contributed by atoms with Crippen molar-refractivity contribution < 1.29 is 4.79 Å². The number of nitrogens with one attached hydrogen (secondary N) is 1. The molecule has 1 fully saturated rings. The summed E-state index contributed by atoms with van der Waals surface area (Å²) in [5.74, 6) is 0.893. The number of benzene rings is 2. The summed E-state index contributed by atoms with van der Waals surface area (Å²) in [5.41, 5.74) is 6.91. The third kappa shape index (κ3) is 5.29. The molecule has 4 heterocycles. The number of carbonyl (C=O) groups excluding carboxylic acids is 1. The highest BCUT2D eigenvalue weighted by atomic mass is 32.1. The summed E-state index contributed by atoms with van der Waals surface area (Å²) in [6, 6.07) is 20.2. The van der Waals surface area contributed by atoms with Crippen molar-refractivity contribution in [1.82, 2.24) is 15.0 Å². The van der Waals surface area contributed by atoms with E-state index in [0.29, 0.717) is 6.42 Å². The molecule has 0 saturated carbocycles. The molecule has 0 radical (unpaired) electrons. The van der Waals surface area contributed by atoms with Crippen LogP contribution in [0.5, 0.6) is 0 Å². The zero-order valence-electron chi connectivity index (χ0n) is 20.2. The summed E-state index contributed by atoms with van der Waals surface area (Å²) in [4.78, 5) is 30.7. The van der Waals surface area contributed by atoms with Crippen LogP contribution in [0.25, 0.3) is 22.2 Å². The number of hydrogen-bond acceptors (Lipinski definition) is 7. The Morgan fingerprint density at radius 2 is 1.62 bits per heavy atom. The molecule has 37 heavy (non-hydrogen) atoms. The SMILES string of the molecule is O=C(Cc1ccsc1)Nc1ccc(-c2ccc3ncc(N4CCN(c5ccncc5)CC4)nc3c2)cc1. The lowest BCUT2D eigenvalue weighted by Gasteiger charge is -2.36. The van der Waals surface area contributed by atoms with E-state index >= 15 is 0 Å². The predicted octanol–water partition coefficient (Wildman–Crippen LogP) is 5.26. The van der Waals surface area contributed by atoms with E-state index < -0.39 is 0 Å². The van der Waals surface area contributed by atoms with E-state index in [1.807, 2.05) is 65.7 Å². The number of nitrogens with zero attached hydrogens (tertiary/aromatic N) is 5. The third-order valence-electron chi connectivity index (χ3n) is 6.61. The Labute approximate surface area is 219 Å². The van der Waals surface area contributed by atoms with Gasteiger partial charge in [0.1, 0.15) is 5.82 Å². The first-order valence-corrected chi connectivity index (χ1v) is 13.2. The molecule has 0 unspecified atom stereocenters. The van der Waals surface area contributed by atoms with Crippen molar-refractivity contribution in [2.24, 2.45) is 0 Å². The van der Waals surface area contributed by atoms with Gasteiger partial charge in [0, 0.05) is 49.9 Å². The molecule has 0 aliphatic carbocycles. The Balaban J connectivity index is 1.14. The predicted molar refractivity (Wildman–Crippen MR) is 150 cm³/mol. The summed E-state index contributed by atoms with van der Waals surface area (Å²) in [7, 11) is 0. The largest absolute Gasteiger partial charge is 0.368 e. The molecule has 6 rings (SSSR count). The van der Waals surface area contributed by atoms with Crippen LogP contribution in [0.15, 0.2) is 90.0 Å². The van der Waals surface area contributed by atoms with Gasteiger partial charge in [-0.3, -0.25) is 14.8 Å². The first-order valence-electron chi connectivity index (χ1n) is 12.3. The Morgan fingerprint density at radius 1 is 0.865 bits per heavy atom. The third-order valence-corrected chi connectivity index (χ3v) is 7.34. The van der Waals surface area contributed by atoms with Gasteiger partial charge in [-0.15, -0.1) is 0 Å². The van der Waals surface area contributed by atoms with Crippen LogP contribution in [-0.2, 0) is 11.2 Å². The van der Waals surface area contributed by atoms with Gasteiger partial charge in [0.2, 0.25) is 5.91 Å². The van der Waals surface area contributed by atoms with E-state index in [2.05, 4.69) is 49.4 Å². The van der Waals surface area contributed by atoms with Crippen LogP contribution in [0, 0.1) is 0 Å². The lowest BCUT2D eigenvalue weighted by Crippen LogP contribution is -2.46. The second-order valence-corrected chi connectivity index (χ2v) is 9.83. The lowest BCUT2D eigenvalue weighted by atomic mass is 10.0. The quantitative estimate of drug-likeness (QED) is 0.339. The zero-order valence-corrected chi connectivity index (χ0v) is 21.1. The molecule has 2 aromatic carbocycles. The van der Waals surface area contributed by atoms with Crippen molar-refractivity contribution in [3.05, 3.63) is 95.6 Å². The fraction of sp³-hybridized carbons (Fsp3) is 0.172. The maximum atomic E-state index is 12.3. The summed E-state index contributed by atoms with van der Waals surface area (Å²) in [6.45, 7) is 3.64. The highest BCUT2D eigenvalue weighted by Crippen LogP contribution is 2.26. The van der Waals surface area contributed by atoms with E-state index in [1.165, 1.54) is 5.69 Å². The van der Waals surface area contributed by atoms with Crippen molar-refractivity contribution >= 4 is 45.5 Å². The van der Waals surface area contributed by atoms with E-state index in [1.54, 1.807) is 11.3 Å². The van der Waals surface area contributed by atoms with Gasteiger partial charge in [-0.25, -0.2) is 4.98 Å². The summed E-state index contributed by atoms with van der Waals surface area (Å²) in [6.07, 6.45) is 5.93. The topological polar surface area (TPSA) is 74.2 Å². The lowest BCUT2D eigenvalue weighted by molar-refractivity contribution is -0.115. The highest BCUT2D eigenvalue weighted by Gasteiger charge is 2.19. The van der Waals surface area contributed by atoms with Crippen LogP contribution in [0.1, 0.15) is 5.56 Å². The average Bonchev–Trinajstić information content (AvgIpc) is 3.46. The molecule has 0 spiro atoms. The summed E-state index contributed by atoms with van der Waals surface area (Å²) in [5, 5.41) is 6.96. The second-order valence-electron chi connectivity index (χ2n) is 9.05. The van der Waals surface area contributed by atoms with Crippen molar-refractivity contribution in [3.8, 4) is 11.1 Å². The maximum Gasteiger partial charge on any atom is 0.228 e. The van der Waals surface area contributed by atoms with E-state index in [9.17, 15) is 4.79 Å². The molecule has 5 aromatic rings. The monoisotopic (exact) mass is 506 g/mol. The van der Waals surface area contributed by atoms with E-state index in [0.717, 1.165) is 65.4 Å². The van der Waals surface area contributed by atoms with Gasteiger partial charge in [0.05, 0.1) is 23.7 Å². The van der Waals surface area contributed by atoms with Gasteiger partial charge in [-0.1, -0.05) is 18.2 Å². The minimum atomic E-state index is -0.0127. The van der Waals surface area contributed by atoms with Crippen molar-refractivity contribution in [2.45, 2.75) is 6.42 Å². The fourth-order valence-corrected chi connectivity index (χ4v) is 5.28. The molecule has 0 atom stereocenters. The fourth-order valence-electron chi connectivity index (χ4n) is 4.61. The maximum absolute atomic E-state index is 12.3. The molecular formula is C29H26N6OS. The average molecular weight is 507 g/mol. The van der Waals surface area contributed by atoms with Crippen LogP contribution in [0.2, 0.25) is 0 Å². The second kappa shape index (κ2) is 10.4. The number of hydrogen-bond donors (Lipinski definition) is 1. The summed E-state index contributed by atoms with van der Waals surface area (Å²) < 4.78 is 0. The number of thiophene rings is 1. The Morgan fingerprint density at radius 3 is 2.38 bits per heavy atom. The minimum Gasteiger partial charge on any atom is -0.368 e. The number of rotatable bonds is 6. The van der Waals surface area contributed by atoms with Crippen molar-refractivity contribution in [2.75, 3.05) is 41.3 Å². The molecule has 1 aliphatic heterocycles. The highest BCUT2D eigenvalue weighted by molar-refractivity contribution is 7.08. The van der Waals surface area contributed by atoms with E-state index in [4.69, 9.17) is 4.98 Å². The Hall–Kier alpha value is -4.30. The van der Waals surface area contributed by atoms with Crippen molar-refractivity contribution in [1.29, 1.82) is 0 Å². The molecule has 184 valence electrons. The number of anilines is 3. The number of pyridine rings is 1. The van der Waals surface area contributed by atoms with Gasteiger partial charge in [0.25, 0.3) is 0 Å². The van der Waals surface area contributed by atoms with Gasteiger partial charge in [-0.2, -0.15) is 11.3 Å². The normalized spacial score (nSPS) is 13.6. The summed E-state index contributed by atoms with van der Waals surface area (Å²) >= 11 is 1.60. The minimum absolute atomic E-state index is 0.0127. The van der Waals surface area contributed by atoms with Crippen LogP contribution in [0.4, 0.5) is 17.2 Å². The number of fused-ring (bicyclic) bond motifs is 1. The molecule has 1 N–H and O–H groups in total. The van der Waals surface area contributed by atoms with Crippen LogP contribution in [-0.4, -0.2) is 47.0 Å². The zero-order chi connectivity index (χ0) is 25.0. The molecule has 8 heteroatoms. The smallest absolute Gasteiger partial charge is 0.228 e. The Kier molecular flexibility index (Phi) is 6.47. The standard InChI is InChI=1S/C29H26N6OS/c36-29(17-21-9-16-37-20-21)32-24-4-1-22(2-5-24)23-3-6-26-27(18-23)33-28(19-31-26)35-14-12-34(13-15-35)25-7-10-30-11-8-25/h1-11,16,18-20H,12-15,17H2,(H,32,36). The van der Waals surface area contributed by atoms with Gasteiger partial charge < -0.3 is 15.1 Å². The number of carbonyl (C=O) groups is 1. The molecule has 0 bridgehead atoms. The Bertz CT molecular complexity index is 1500. The van der Waals surface area contributed by atoms with Crippen LogP contribution >= 0.6 is 11.3 Å². The first kappa shape index (κ1) is 23.1. The molecular weight excluding hydrogens is 480 g/mol. The van der Waals surface area contributed by atoms with E-state index in [-0.39, 0.29) is 5.91 Å². The van der Waals surface area contributed by atoms with Crippen LogP contribution in [0.3, 0.4) is 0 Å². The van der Waals surface area contributed by atoms with Gasteiger partial charge in [-0.05, 0) is 69.9 Å². The first-order chi connectivity index (χ1) is 18.2. The number of piperazine rings is 1. The molecule has 1 amide bonds. The van der Waals surface area contributed by atoms with Gasteiger partial charge in [0.15, 0.2) is 0 Å². The number of aromatic nitrogens is 3.